The Hall–Kier alpha value is -1.21. The van der Waals surface area contributed by atoms with Crippen LogP contribution in [0.15, 0.2) is 36.4 Å². The monoisotopic (exact) mass is 310 g/mol. The molecule has 0 heterocycles. The van der Waals surface area contributed by atoms with Crippen molar-refractivity contribution in [2.24, 2.45) is 0 Å². The number of hydrogen-bond donors (Lipinski definition) is 1. The minimum Gasteiger partial charge on any atom is -0.176 e. The molecule has 0 radical (unpaired) electrons. The lowest BCUT2D eigenvalue weighted by molar-refractivity contribution is 0.455. The van der Waals surface area contributed by atoms with Gasteiger partial charge in [-0.1, -0.05) is 36.4 Å². The summed E-state index contributed by atoms with van der Waals surface area (Å²) in [5.74, 6) is 0.735. The lowest BCUT2D eigenvalue weighted by atomic mass is 9.83. The predicted molar refractivity (Wildman–Crippen MR) is 100 cm³/mol. The second-order valence-corrected chi connectivity index (χ2v) is 7.54. The first kappa shape index (κ1) is 15.7. The van der Waals surface area contributed by atoms with Gasteiger partial charge in [-0.15, -0.1) is 0 Å². The van der Waals surface area contributed by atoms with Crippen LogP contribution >= 0.6 is 12.6 Å². The van der Waals surface area contributed by atoms with E-state index in [9.17, 15) is 0 Å². The van der Waals surface area contributed by atoms with Gasteiger partial charge in [-0.25, -0.2) is 0 Å². The highest BCUT2D eigenvalue weighted by atomic mass is 32.1. The van der Waals surface area contributed by atoms with Gasteiger partial charge in [-0.3, -0.25) is 0 Å². The van der Waals surface area contributed by atoms with Crippen LogP contribution in [0.2, 0.25) is 0 Å². The first-order valence-electron chi connectivity index (χ1n) is 8.41. The van der Waals surface area contributed by atoms with Gasteiger partial charge in [-0.05, 0) is 85.8 Å². The van der Waals surface area contributed by atoms with E-state index >= 15 is 0 Å². The molecule has 1 fully saturated rings. The summed E-state index contributed by atoms with van der Waals surface area (Å²) in [4.78, 5) is 0. The first-order valence-corrected chi connectivity index (χ1v) is 8.93. The molecule has 0 spiro atoms. The number of thiol groups is 1. The minimum atomic E-state index is 0.619. The molecule has 22 heavy (non-hydrogen) atoms. The second kappa shape index (κ2) is 6.50. The number of rotatable bonds is 2. The fraction of sp³-hybridized carbons (Fsp3) is 0.429. The van der Waals surface area contributed by atoms with Crippen molar-refractivity contribution >= 4 is 12.6 Å². The Morgan fingerprint density at radius 3 is 2.05 bits per heavy atom. The number of aryl methyl sites for hydroxylation is 1. The van der Waals surface area contributed by atoms with E-state index < -0.39 is 0 Å². The molecule has 1 aliphatic carbocycles. The molecule has 1 aliphatic rings. The molecule has 1 saturated carbocycles. The molecule has 3 rings (SSSR count). The maximum Gasteiger partial charge on any atom is 0.00172 e. The maximum atomic E-state index is 4.61. The minimum absolute atomic E-state index is 0.619. The van der Waals surface area contributed by atoms with Crippen molar-refractivity contribution in [3.05, 3.63) is 58.7 Å². The maximum absolute atomic E-state index is 4.61. The van der Waals surface area contributed by atoms with E-state index in [4.69, 9.17) is 0 Å². The van der Waals surface area contributed by atoms with Crippen LogP contribution in [0.4, 0.5) is 0 Å². The third-order valence-corrected chi connectivity index (χ3v) is 5.96. The summed E-state index contributed by atoms with van der Waals surface area (Å²) >= 11 is 4.61. The highest BCUT2D eigenvalue weighted by molar-refractivity contribution is 7.80. The van der Waals surface area contributed by atoms with Crippen molar-refractivity contribution in [1.82, 2.24) is 0 Å². The van der Waals surface area contributed by atoms with Gasteiger partial charge in [0.1, 0.15) is 0 Å². The summed E-state index contributed by atoms with van der Waals surface area (Å²) < 4.78 is 0. The van der Waals surface area contributed by atoms with E-state index in [0.717, 1.165) is 5.92 Å². The lowest BCUT2D eigenvalue weighted by Gasteiger charge is -2.26. The fourth-order valence-electron chi connectivity index (χ4n) is 3.61. The van der Waals surface area contributed by atoms with Crippen LogP contribution in [0.1, 0.15) is 53.9 Å². The molecular weight excluding hydrogens is 284 g/mol. The second-order valence-electron chi connectivity index (χ2n) is 6.81. The third-order valence-electron chi connectivity index (χ3n) is 5.45. The standard InChI is InChI=1S/C21H26S/c1-14-4-13-21(16(3)15(14)2)19-7-5-17(6-8-19)18-9-11-20(22)12-10-18/h4-8,13,18,20,22H,9-12H2,1-3H3. The molecule has 0 amide bonds. The normalized spacial score (nSPS) is 21.8. The molecule has 116 valence electrons. The average molecular weight is 311 g/mol. The molecule has 0 bridgehead atoms. The summed E-state index contributed by atoms with van der Waals surface area (Å²) in [7, 11) is 0. The van der Waals surface area contributed by atoms with Crippen molar-refractivity contribution in [1.29, 1.82) is 0 Å². The van der Waals surface area contributed by atoms with E-state index in [0.29, 0.717) is 5.25 Å². The molecule has 1 heteroatoms. The van der Waals surface area contributed by atoms with Gasteiger partial charge in [0.2, 0.25) is 0 Å². The zero-order chi connectivity index (χ0) is 15.7. The predicted octanol–water partition coefficient (Wildman–Crippen LogP) is 6.23. The van der Waals surface area contributed by atoms with Crippen molar-refractivity contribution in [2.45, 2.75) is 57.6 Å². The molecule has 0 N–H and O–H groups in total. The average Bonchev–Trinajstić information content (AvgIpc) is 2.54. The highest BCUT2D eigenvalue weighted by Gasteiger charge is 2.20. The van der Waals surface area contributed by atoms with E-state index in [1.54, 1.807) is 0 Å². The zero-order valence-corrected chi connectivity index (χ0v) is 14.8. The summed E-state index contributed by atoms with van der Waals surface area (Å²) in [6.45, 7) is 6.64. The SMILES string of the molecule is Cc1ccc(-c2ccc(C3CCC(S)CC3)cc2)c(C)c1C. The molecule has 2 aromatic carbocycles. The fourth-order valence-corrected chi connectivity index (χ4v) is 3.91. The van der Waals surface area contributed by atoms with Crippen LogP contribution < -0.4 is 0 Å². The van der Waals surface area contributed by atoms with Crippen LogP contribution in [0.3, 0.4) is 0 Å². The van der Waals surface area contributed by atoms with Crippen LogP contribution in [-0.2, 0) is 0 Å². The smallest absolute Gasteiger partial charge is 0.00172 e. The molecular formula is C21H26S. The lowest BCUT2D eigenvalue weighted by Crippen LogP contribution is -2.12. The molecule has 0 nitrogen and oxygen atoms in total. The third kappa shape index (κ3) is 3.10. The van der Waals surface area contributed by atoms with Gasteiger partial charge in [-0.2, -0.15) is 12.6 Å². The van der Waals surface area contributed by atoms with E-state index in [1.165, 1.54) is 59.1 Å². The topological polar surface area (TPSA) is 0 Å². The van der Waals surface area contributed by atoms with E-state index in [2.05, 4.69) is 69.8 Å². The van der Waals surface area contributed by atoms with Crippen molar-refractivity contribution in [2.75, 3.05) is 0 Å². The number of benzene rings is 2. The summed E-state index contributed by atoms with van der Waals surface area (Å²) in [6.07, 6.45) is 5.09. The van der Waals surface area contributed by atoms with Gasteiger partial charge in [0.15, 0.2) is 0 Å². The summed E-state index contributed by atoms with van der Waals surface area (Å²) in [6, 6.07) is 13.8. The Bertz CT molecular complexity index is 646. The van der Waals surface area contributed by atoms with Crippen LogP contribution in [-0.4, -0.2) is 5.25 Å². The highest BCUT2D eigenvalue weighted by Crippen LogP contribution is 2.36. The van der Waals surface area contributed by atoms with E-state index in [-0.39, 0.29) is 0 Å². The molecule has 0 atom stereocenters. The van der Waals surface area contributed by atoms with Crippen LogP contribution in [0.25, 0.3) is 11.1 Å². The van der Waals surface area contributed by atoms with Gasteiger partial charge >= 0.3 is 0 Å². The molecule has 0 aliphatic heterocycles. The van der Waals surface area contributed by atoms with Gasteiger partial charge in [0.25, 0.3) is 0 Å². The van der Waals surface area contributed by atoms with Crippen molar-refractivity contribution in [3.63, 3.8) is 0 Å². The molecule has 0 saturated heterocycles. The Balaban J connectivity index is 1.84. The molecule has 0 unspecified atom stereocenters. The van der Waals surface area contributed by atoms with Gasteiger partial charge in [0, 0.05) is 5.25 Å². The first-order chi connectivity index (χ1) is 10.6. The molecule has 0 aromatic heterocycles. The Morgan fingerprint density at radius 2 is 1.41 bits per heavy atom. The van der Waals surface area contributed by atoms with E-state index in [1.807, 2.05) is 0 Å². The Kier molecular flexibility index (Phi) is 4.63. The Morgan fingerprint density at radius 1 is 0.773 bits per heavy atom. The summed E-state index contributed by atoms with van der Waals surface area (Å²) in [5, 5.41) is 0.619. The van der Waals surface area contributed by atoms with Gasteiger partial charge < -0.3 is 0 Å². The van der Waals surface area contributed by atoms with Crippen LogP contribution in [0.5, 0.6) is 0 Å². The number of hydrogen-bond acceptors (Lipinski definition) is 1. The largest absolute Gasteiger partial charge is 0.176 e. The van der Waals surface area contributed by atoms with Crippen molar-refractivity contribution in [3.8, 4) is 11.1 Å². The summed E-state index contributed by atoms with van der Waals surface area (Å²) in [5.41, 5.74) is 8.41. The molecule has 2 aromatic rings. The van der Waals surface area contributed by atoms with Crippen molar-refractivity contribution < 1.29 is 0 Å². The van der Waals surface area contributed by atoms with Crippen LogP contribution in [0, 0.1) is 20.8 Å². The Labute approximate surface area is 140 Å². The van der Waals surface area contributed by atoms with Gasteiger partial charge in [0.05, 0.1) is 0 Å². The zero-order valence-electron chi connectivity index (χ0n) is 13.9. The quantitative estimate of drug-likeness (QED) is 0.624.